The summed E-state index contributed by atoms with van der Waals surface area (Å²) >= 11 is 0. The predicted octanol–water partition coefficient (Wildman–Crippen LogP) is 6.55. The number of allylic oxidation sites excluding steroid dienone is 2. The number of rotatable bonds is 7. The molecule has 0 N–H and O–H groups in total. The Morgan fingerprint density at radius 3 is 2.48 bits per heavy atom. The molecular formula is C21H31FO2Si. The highest BCUT2D eigenvalue weighted by Gasteiger charge is 2.39. The molecule has 1 aliphatic rings. The second-order valence-electron chi connectivity index (χ2n) is 8.47. The van der Waals surface area contributed by atoms with Gasteiger partial charge in [-0.3, -0.25) is 0 Å². The minimum atomic E-state index is -2.10. The summed E-state index contributed by atoms with van der Waals surface area (Å²) in [6, 6.07) is 5.43. The van der Waals surface area contributed by atoms with Crippen LogP contribution in [-0.2, 0) is 4.74 Å². The zero-order valence-electron chi connectivity index (χ0n) is 16.4. The van der Waals surface area contributed by atoms with Gasteiger partial charge in [0.15, 0.2) is 5.82 Å². The molecule has 2 rings (SSSR count). The highest BCUT2D eigenvalue weighted by Crippen LogP contribution is 2.42. The van der Waals surface area contributed by atoms with Crippen LogP contribution in [0.25, 0.3) is 5.57 Å². The zero-order chi connectivity index (χ0) is 18.8. The van der Waals surface area contributed by atoms with Gasteiger partial charge in [0.25, 0.3) is 8.32 Å². The largest absolute Gasteiger partial charge is 0.542 e. The van der Waals surface area contributed by atoms with Crippen molar-refractivity contribution in [3.05, 3.63) is 48.0 Å². The van der Waals surface area contributed by atoms with E-state index < -0.39 is 8.32 Å². The van der Waals surface area contributed by atoms with Crippen LogP contribution in [-0.4, -0.2) is 15.4 Å². The molecule has 0 heterocycles. The van der Waals surface area contributed by atoms with Gasteiger partial charge >= 0.3 is 0 Å². The summed E-state index contributed by atoms with van der Waals surface area (Å²) < 4.78 is 26.7. The summed E-state index contributed by atoms with van der Waals surface area (Å²) in [5.74, 6) is 1.27. The van der Waals surface area contributed by atoms with E-state index in [2.05, 4.69) is 40.4 Å². The maximum absolute atomic E-state index is 15.3. The Morgan fingerprint density at radius 2 is 1.96 bits per heavy atom. The smallest absolute Gasteiger partial charge is 0.250 e. The first-order chi connectivity index (χ1) is 11.5. The lowest BCUT2D eigenvalue weighted by atomic mass is 9.98. The van der Waals surface area contributed by atoms with Gasteiger partial charge in [0.05, 0.1) is 7.11 Å². The summed E-state index contributed by atoms with van der Waals surface area (Å²) in [6.45, 7) is 14.6. The van der Waals surface area contributed by atoms with Gasteiger partial charge in [-0.15, -0.1) is 0 Å². The van der Waals surface area contributed by atoms with Gasteiger partial charge in [0.2, 0.25) is 0 Å². The molecule has 0 bridgehead atoms. The highest BCUT2D eigenvalue weighted by molar-refractivity contribution is 6.74. The number of hydrogen-bond donors (Lipinski definition) is 0. The van der Waals surface area contributed by atoms with Crippen molar-refractivity contribution in [2.45, 2.75) is 58.2 Å². The molecule has 0 unspecified atom stereocenters. The fourth-order valence-corrected chi connectivity index (χ4v) is 3.41. The standard InChI is InChI=1S/C21H31FO2Si/c1-15(23-5)13-17(14-16-11-12-16)18-9-8-10-19(20(18)22)24-25(6,7)21(2,3)4/h8-10,13,16H,1,11-12,14H2,2-7H3. The number of methoxy groups -OCH3 is 1. The Balaban J connectivity index is 2.38. The van der Waals surface area contributed by atoms with Gasteiger partial charge in [-0.1, -0.05) is 39.5 Å². The lowest BCUT2D eigenvalue weighted by Crippen LogP contribution is -2.44. The SMILES string of the molecule is C=C(C=C(CC1CC1)c1cccc(O[Si](C)(C)C(C)(C)C)c1F)OC. The third-order valence-corrected chi connectivity index (χ3v) is 9.63. The Kier molecular flexibility index (Phi) is 5.82. The molecule has 0 radical (unpaired) electrons. The van der Waals surface area contributed by atoms with Crippen molar-refractivity contribution in [3.8, 4) is 5.75 Å². The molecule has 1 aromatic rings. The monoisotopic (exact) mass is 362 g/mol. The molecular weight excluding hydrogens is 331 g/mol. The van der Waals surface area contributed by atoms with Crippen LogP contribution in [0.4, 0.5) is 4.39 Å². The summed E-state index contributed by atoms with van der Waals surface area (Å²) in [4.78, 5) is 0. The lowest BCUT2D eigenvalue weighted by Gasteiger charge is -2.36. The fraction of sp³-hybridized carbons (Fsp3) is 0.524. The van der Waals surface area contributed by atoms with Crippen LogP contribution in [0, 0.1) is 11.7 Å². The second kappa shape index (κ2) is 7.36. The number of halogens is 1. The van der Waals surface area contributed by atoms with Crippen LogP contribution >= 0.6 is 0 Å². The minimum Gasteiger partial charge on any atom is -0.542 e. The lowest BCUT2D eigenvalue weighted by molar-refractivity contribution is 0.309. The summed E-state index contributed by atoms with van der Waals surface area (Å²) in [5.41, 5.74) is 1.54. The first kappa shape index (κ1) is 19.8. The van der Waals surface area contributed by atoms with Crippen molar-refractivity contribution in [2.24, 2.45) is 5.92 Å². The Labute approximate surface area is 152 Å². The van der Waals surface area contributed by atoms with Crippen LogP contribution in [0.15, 0.2) is 36.6 Å². The Morgan fingerprint density at radius 1 is 1.32 bits per heavy atom. The average Bonchev–Trinajstić information content (AvgIpc) is 3.31. The molecule has 0 spiro atoms. The van der Waals surface area contributed by atoms with Crippen molar-refractivity contribution in [3.63, 3.8) is 0 Å². The average molecular weight is 363 g/mol. The Hall–Kier alpha value is -1.55. The van der Waals surface area contributed by atoms with Crippen molar-refractivity contribution in [2.75, 3.05) is 7.11 Å². The van der Waals surface area contributed by atoms with Gasteiger partial charge in [0.1, 0.15) is 11.5 Å². The van der Waals surface area contributed by atoms with Crippen LogP contribution in [0.1, 0.15) is 45.6 Å². The van der Waals surface area contributed by atoms with Crippen molar-refractivity contribution < 1.29 is 13.6 Å². The molecule has 2 nitrogen and oxygen atoms in total. The number of hydrogen-bond acceptors (Lipinski definition) is 2. The predicted molar refractivity (Wildman–Crippen MR) is 106 cm³/mol. The van der Waals surface area contributed by atoms with Gasteiger partial charge in [-0.05, 0) is 61.0 Å². The number of ether oxygens (including phenoxy) is 1. The van der Waals surface area contributed by atoms with Crippen LogP contribution in [0.5, 0.6) is 5.75 Å². The maximum Gasteiger partial charge on any atom is 0.250 e. The van der Waals surface area contributed by atoms with Gasteiger partial charge in [-0.2, -0.15) is 0 Å². The van der Waals surface area contributed by atoms with E-state index in [0.29, 0.717) is 23.0 Å². The summed E-state index contributed by atoms with van der Waals surface area (Å²) in [5, 5.41) is 0.0203. The van der Waals surface area contributed by atoms with E-state index in [4.69, 9.17) is 9.16 Å². The molecule has 1 saturated carbocycles. The minimum absolute atomic E-state index is 0.0203. The molecule has 4 heteroatoms. The van der Waals surface area contributed by atoms with Crippen molar-refractivity contribution in [1.29, 1.82) is 0 Å². The molecule has 25 heavy (non-hydrogen) atoms. The Bertz CT molecular complexity index is 667. The van der Waals surface area contributed by atoms with Gasteiger partial charge < -0.3 is 9.16 Å². The van der Waals surface area contributed by atoms with E-state index in [9.17, 15) is 0 Å². The zero-order valence-corrected chi connectivity index (χ0v) is 17.4. The summed E-state index contributed by atoms with van der Waals surface area (Å²) in [6.07, 6.45) is 5.12. The summed E-state index contributed by atoms with van der Waals surface area (Å²) in [7, 11) is -0.511. The third-order valence-electron chi connectivity index (χ3n) is 5.28. The van der Waals surface area contributed by atoms with Crippen molar-refractivity contribution >= 4 is 13.9 Å². The van der Waals surface area contributed by atoms with E-state index in [1.54, 1.807) is 13.2 Å². The van der Waals surface area contributed by atoms with Gasteiger partial charge in [-0.25, -0.2) is 4.39 Å². The van der Waals surface area contributed by atoms with E-state index in [1.807, 2.05) is 18.2 Å². The molecule has 138 valence electrons. The highest BCUT2D eigenvalue weighted by atomic mass is 28.4. The second-order valence-corrected chi connectivity index (χ2v) is 13.2. The van der Waals surface area contributed by atoms with Crippen LogP contribution in [0.2, 0.25) is 18.1 Å². The van der Waals surface area contributed by atoms with E-state index in [0.717, 1.165) is 12.0 Å². The molecule has 1 aromatic carbocycles. The maximum atomic E-state index is 15.3. The molecule has 0 aliphatic heterocycles. The van der Waals surface area contributed by atoms with E-state index in [-0.39, 0.29) is 10.9 Å². The van der Waals surface area contributed by atoms with Gasteiger partial charge in [0, 0.05) is 5.56 Å². The number of benzene rings is 1. The van der Waals surface area contributed by atoms with E-state index in [1.165, 1.54) is 12.8 Å². The fourth-order valence-electron chi connectivity index (χ4n) is 2.40. The van der Waals surface area contributed by atoms with Crippen molar-refractivity contribution in [1.82, 2.24) is 0 Å². The topological polar surface area (TPSA) is 18.5 Å². The quantitative estimate of drug-likeness (QED) is 0.311. The molecule has 0 amide bonds. The van der Waals surface area contributed by atoms with E-state index >= 15 is 4.39 Å². The molecule has 1 aliphatic carbocycles. The first-order valence-corrected chi connectivity index (χ1v) is 11.9. The third kappa shape index (κ3) is 4.97. The molecule has 0 aromatic heterocycles. The molecule has 1 fully saturated rings. The normalized spacial score (nSPS) is 15.9. The van der Waals surface area contributed by atoms with Crippen LogP contribution in [0.3, 0.4) is 0 Å². The first-order valence-electron chi connectivity index (χ1n) is 8.96. The molecule has 0 saturated heterocycles. The van der Waals surface area contributed by atoms with Crippen LogP contribution < -0.4 is 4.43 Å². The molecule has 0 atom stereocenters.